The molecule has 12 nitrogen and oxygen atoms in total. The lowest BCUT2D eigenvalue weighted by atomic mass is 9.91. The van der Waals surface area contributed by atoms with Gasteiger partial charge < -0.3 is 27.4 Å². The summed E-state index contributed by atoms with van der Waals surface area (Å²) in [5.41, 5.74) is 5.76. The molecule has 478 valence electrons. The van der Waals surface area contributed by atoms with Gasteiger partial charge in [-0.15, -0.1) is 10.2 Å². The highest BCUT2D eigenvalue weighted by atomic mass is 35.5. The highest BCUT2D eigenvalue weighted by molar-refractivity contribution is 7.96. The summed E-state index contributed by atoms with van der Waals surface area (Å²) in [6.45, 7) is 68.5. The number of amides is 1. The van der Waals surface area contributed by atoms with Crippen LogP contribution in [0.5, 0.6) is 11.5 Å². The fraction of sp³-hybridized carbons (Fsp3) is 0.552. The van der Waals surface area contributed by atoms with Gasteiger partial charge in [-0.3, -0.25) is 9.59 Å². The number of nitrogens with zero attached hydrogens (tertiary/aromatic N) is 4. The van der Waals surface area contributed by atoms with Crippen LogP contribution in [0.4, 0.5) is 11.4 Å². The second kappa shape index (κ2) is 31.6. The van der Waals surface area contributed by atoms with Crippen molar-refractivity contribution in [2.75, 3.05) is 13.2 Å². The number of hydrogen-bond donors (Lipinski definition) is 1. The van der Waals surface area contributed by atoms with Gasteiger partial charge in [0.05, 0.1) is 53.8 Å². The molecule has 4 aromatic carbocycles. The van der Waals surface area contributed by atoms with Gasteiger partial charge >= 0.3 is 0 Å². The lowest BCUT2D eigenvalue weighted by molar-refractivity contribution is -0.127. The summed E-state index contributed by atoms with van der Waals surface area (Å²) in [4.78, 5) is 33.8. The first kappa shape index (κ1) is 78.7. The number of ketones is 1. The van der Waals surface area contributed by atoms with Gasteiger partial charge in [0, 0.05) is 11.1 Å². The lowest BCUT2D eigenvalue weighted by Gasteiger charge is -2.40. The van der Waals surface area contributed by atoms with E-state index in [2.05, 4.69) is 179 Å². The average Bonchev–Trinajstić information content (AvgIpc) is 3.07. The molecule has 0 aliphatic rings. The Morgan fingerprint density at radius 3 is 1.39 bits per heavy atom. The van der Waals surface area contributed by atoms with E-state index in [-0.39, 0.29) is 57.8 Å². The van der Waals surface area contributed by atoms with Crippen molar-refractivity contribution in [3.05, 3.63) is 139 Å². The third kappa shape index (κ3) is 21.4. The van der Waals surface area contributed by atoms with Crippen LogP contribution in [0.1, 0.15) is 149 Å². The van der Waals surface area contributed by atoms with Gasteiger partial charge in [0.2, 0.25) is 45.7 Å². The van der Waals surface area contributed by atoms with E-state index in [0.29, 0.717) is 51.6 Å². The Hall–Kier alpha value is -4.37. The summed E-state index contributed by atoms with van der Waals surface area (Å²) in [5.74, 6) is 1.40. The van der Waals surface area contributed by atoms with Gasteiger partial charge in [0.1, 0.15) is 11.5 Å². The molecule has 4 atom stereocenters. The summed E-state index contributed by atoms with van der Waals surface area (Å²) in [5, 5.41) is 12.9. The number of halogens is 2. The molecule has 0 aliphatic heterocycles. The zero-order valence-corrected chi connectivity index (χ0v) is 63.3. The minimum atomic E-state index is -2.19. The highest BCUT2D eigenvalue weighted by Crippen LogP contribution is 2.44. The molecule has 5 rings (SSSR count). The van der Waals surface area contributed by atoms with Crippen molar-refractivity contribution >= 4 is 98.7 Å². The summed E-state index contributed by atoms with van der Waals surface area (Å²) < 4.78 is 32.6. The molecule has 0 bridgehead atoms. The maximum Gasteiger partial charge on any atom is 0.250 e. The fourth-order valence-corrected chi connectivity index (χ4v) is 13.5. The number of aromatic nitrogens is 2. The minimum Gasteiger partial charge on any atom is -0.544 e. The smallest absolute Gasteiger partial charge is 0.250 e. The molecule has 87 heavy (non-hydrogen) atoms. The van der Waals surface area contributed by atoms with Crippen LogP contribution in [0.15, 0.2) is 77.2 Å². The molecule has 0 fully saturated rings. The Morgan fingerprint density at radius 1 is 0.621 bits per heavy atom. The van der Waals surface area contributed by atoms with Crippen molar-refractivity contribution in [1.82, 2.24) is 15.5 Å². The van der Waals surface area contributed by atoms with E-state index in [1.807, 2.05) is 76.0 Å². The molecule has 1 N–H and O–H groups in total. The van der Waals surface area contributed by atoms with Crippen LogP contribution >= 0.6 is 30.6 Å². The van der Waals surface area contributed by atoms with Crippen LogP contribution in [0.3, 0.4) is 0 Å². The van der Waals surface area contributed by atoms with E-state index in [1.165, 1.54) is 0 Å². The zero-order chi connectivity index (χ0) is 65.9. The lowest BCUT2D eigenvalue weighted by Crippen LogP contribution is -2.48. The van der Waals surface area contributed by atoms with Crippen molar-refractivity contribution in [3.8, 4) is 23.0 Å². The Bertz CT molecular complexity index is 3210. The molecule has 0 aliphatic carbocycles. The Balaban J connectivity index is 0.000000561. The maximum absolute atomic E-state index is 13.7. The van der Waals surface area contributed by atoms with E-state index >= 15 is 0 Å². The molecule has 20 heteroatoms. The van der Waals surface area contributed by atoms with E-state index in [9.17, 15) is 9.59 Å². The number of rotatable bonds is 20. The second-order valence-corrected chi connectivity index (χ2v) is 49.6. The van der Waals surface area contributed by atoms with Crippen LogP contribution < -0.4 is 14.2 Å². The normalized spacial score (nSPS) is 13.9. The van der Waals surface area contributed by atoms with Gasteiger partial charge in [0.15, 0.2) is 22.4 Å². The van der Waals surface area contributed by atoms with Crippen LogP contribution in [0.2, 0.25) is 82.6 Å². The quantitative estimate of drug-likeness (QED) is 0.0348. The highest BCUT2D eigenvalue weighted by Gasteiger charge is 2.44. The van der Waals surface area contributed by atoms with E-state index in [0.717, 1.165) is 46.7 Å². The van der Waals surface area contributed by atoms with Gasteiger partial charge in [-0.05, 0) is 198 Å². The van der Waals surface area contributed by atoms with Crippen LogP contribution in [0, 0.1) is 32.9 Å². The number of hydrogen-bond acceptors (Lipinski definition) is 10. The van der Waals surface area contributed by atoms with Crippen LogP contribution in [-0.2, 0) is 38.3 Å². The minimum absolute atomic E-state index is 0. The van der Waals surface area contributed by atoms with E-state index in [4.69, 9.17) is 58.5 Å². The SMILES string of the molecule is C.CP=S.[C-]#[N+]c1ccc(C[C@@H](C(=O)NCC(=O)c2ccc(O[Si](C)(C)C(C)(C)C)cc2)[C@H](C)O[Si](C)(C)C(C)(C)C)c(C)c1Cl.[C-]#[N+]c1ccc(C[C@@H](c2nnc(-c3ccc(O[Si](C)(C)C(C)(C)C)cc3)o2)[C@H](C)O[Si](C)(C)C(C)(C)C)c(C)c1Cl. The molecule has 1 aromatic heterocycles. The number of benzene rings is 4. The summed E-state index contributed by atoms with van der Waals surface area (Å²) in [6.07, 6.45) is 0.398. The van der Waals surface area contributed by atoms with Gasteiger partial charge in [-0.25, -0.2) is 9.69 Å². The second-order valence-electron chi connectivity index (χ2n) is 28.4. The molecule has 5 aromatic rings. The number of carbonyl (C=O) groups excluding carboxylic acids is 2. The predicted octanol–water partition coefficient (Wildman–Crippen LogP) is 21.2. The topological polar surface area (TPSA) is 131 Å². The maximum atomic E-state index is 13.7. The number of nitrogens with one attached hydrogen (secondary N) is 1. The molecule has 0 radical (unpaired) electrons. The summed E-state index contributed by atoms with van der Waals surface area (Å²) >= 11 is 17.4. The molecule has 1 heterocycles. The van der Waals surface area contributed by atoms with E-state index in [1.54, 1.807) is 24.3 Å². The van der Waals surface area contributed by atoms with Crippen molar-refractivity contribution in [1.29, 1.82) is 0 Å². The molecule has 0 saturated heterocycles. The van der Waals surface area contributed by atoms with Crippen LogP contribution in [-0.4, -0.2) is 80.6 Å². The van der Waals surface area contributed by atoms with Gasteiger partial charge in [-0.1, -0.05) is 150 Å². The predicted molar refractivity (Wildman–Crippen MR) is 380 cm³/mol. The first-order valence-electron chi connectivity index (χ1n) is 29.4. The molecular formula is C67H102Cl2N5O7PSSi4. The molecule has 0 saturated carbocycles. The summed E-state index contributed by atoms with van der Waals surface area (Å²) in [7, 11) is -7.20. The van der Waals surface area contributed by atoms with Crippen molar-refractivity contribution in [2.45, 2.75) is 222 Å². The molecular weight excluding hydrogens is 1230 g/mol. The average molecular weight is 1340 g/mol. The first-order chi connectivity index (χ1) is 39.3. The third-order valence-electron chi connectivity index (χ3n) is 17.9. The van der Waals surface area contributed by atoms with Crippen molar-refractivity contribution in [3.63, 3.8) is 0 Å². The monoisotopic (exact) mass is 1330 g/mol. The Labute approximate surface area is 545 Å². The van der Waals surface area contributed by atoms with Crippen molar-refractivity contribution < 1.29 is 31.7 Å². The molecule has 0 spiro atoms. The van der Waals surface area contributed by atoms with E-state index < -0.39 is 45.3 Å². The van der Waals surface area contributed by atoms with Crippen LogP contribution in [0.25, 0.3) is 21.1 Å². The van der Waals surface area contributed by atoms with Crippen molar-refractivity contribution in [2.24, 2.45) is 5.92 Å². The first-order valence-corrected chi connectivity index (χ1v) is 44.1. The Kier molecular flexibility index (Phi) is 28.6. The standard InChI is InChI=1S/C33H49ClN2O4Si2.C32H46ClN3O3Si2.CH3PS.CH4/c1-22-25(16-19-28(35-9)30(22)34)20-27(23(2)39-41(10,11)32(3,4)5)31(38)36-21-29(37)24-14-17-26(18-15-24)40-42(12,13)33(6,7)8;1-21-24(16-19-27(34-9)28(21)33)20-26(22(2)38-40(10,11)31(3,4)5)30-36-35-29(37-30)23-14-17-25(18-15-23)39-41(12,13)32(6,7)8;1-2-3;/h14-19,23,27H,20-21H2,1-8,10-13H3,(H,36,38);14-19,22,26H,20H2,1-8,10-13H3;1H3;1H4/t23-,27+;22-,26+;;/m00../s1. The number of carbonyl (C=O) groups is 2. The summed E-state index contributed by atoms with van der Waals surface area (Å²) in [6, 6.07) is 22.3. The third-order valence-corrected chi connectivity index (χ3v) is 36.8. The largest absolute Gasteiger partial charge is 0.544 e. The van der Waals surface area contributed by atoms with Gasteiger partial charge in [-0.2, -0.15) is 0 Å². The fourth-order valence-electron chi connectivity index (χ4n) is 8.05. The number of Topliss-reactive ketones (excluding diaryl/α,β-unsaturated/α-hetero) is 1. The Morgan fingerprint density at radius 2 is 1.00 bits per heavy atom. The molecule has 0 unspecified atom stereocenters. The zero-order valence-electron chi connectivity index (χ0n) is 56.1. The molecule has 1 amide bonds. The van der Waals surface area contributed by atoms with Gasteiger partial charge in [0.25, 0.3) is 0 Å².